The van der Waals surface area contributed by atoms with Crippen LogP contribution in [0, 0.1) is 0 Å². The fraction of sp³-hybridized carbons (Fsp3) is 0.308. The summed E-state index contributed by atoms with van der Waals surface area (Å²) in [6.07, 6.45) is 0.622. The van der Waals surface area contributed by atoms with Gasteiger partial charge in [0.25, 0.3) is 5.89 Å². The van der Waals surface area contributed by atoms with Gasteiger partial charge in [0.15, 0.2) is 18.1 Å². The maximum absolute atomic E-state index is 11.3. The first-order valence-electron chi connectivity index (χ1n) is 6.28. The van der Waals surface area contributed by atoms with E-state index in [-0.39, 0.29) is 30.6 Å². The van der Waals surface area contributed by atoms with E-state index in [1.54, 1.807) is 0 Å². The van der Waals surface area contributed by atoms with Crippen LogP contribution < -0.4 is 14.2 Å². The minimum atomic E-state index is -1.12. The summed E-state index contributed by atoms with van der Waals surface area (Å²) < 4.78 is 21.1. The van der Waals surface area contributed by atoms with Crippen molar-refractivity contribution in [2.24, 2.45) is 0 Å². The van der Waals surface area contributed by atoms with Gasteiger partial charge in [-0.15, -0.1) is 10.2 Å². The third-order valence-electron chi connectivity index (χ3n) is 2.87. The Hall–Kier alpha value is -2.77. The first-order valence-corrected chi connectivity index (χ1v) is 6.28. The monoisotopic (exact) mass is 292 g/mol. The molecular weight excluding hydrogens is 280 g/mol. The maximum Gasteiger partial charge on any atom is 0.339 e. The number of nitrogens with zero attached hydrogens (tertiary/aromatic N) is 2. The highest BCUT2D eigenvalue weighted by atomic mass is 16.7. The molecule has 0 unspecified atom stereocenters. The summed E-state index contributed by atoms with van der Waals surface area (Å²) in [7, 11) is 0. The first-order chi connectivity index (χ1) is 10.2. The number of hydrogen-bond donors (Lipinski definition) is 1. The fourth-order valence-corrected chi connectivity index (χ4v) is 1.84. The number of carbonyl (C=O) groups is 1. The maximum atomic E-state index is 11.3. The average molecular weight is 292 g/mol. The summed E-state index contributed by atoms with van der Waals surface area (Å²) >= 11 is 0. The Morgan fingerprint density at radius 2 is 2.00 bits per heavy atom. The van der Waals surface area contributed by atoms with E-state index in [0.29, 0.717) is 23.8 Å². The number of aromatic carboxylic acids is 1. The number of benzene rings is 1. The summed E-state index contributed by atoms with van der Waals surface area (Å²) in [5.41, 5.74) is -0.0190. The van der Waals surface area contributed by atoms with E-state index >= 15 is 0 Å². The third kappa shape index (κ3) is 2.60. The number of ether oxygens (including phenoxy) is 3. The molecule has 0 saturated carbocycles. The molecule has 1 aromatic carbocycles. The second kappa shape index (κ2) is 5.31. The van der Waals surface area contributed by atoms with Crippen molar-refractivity contribution in [3.63, 3.8) is 0 Å². The van der Waals surface area contributed by atoms with Crippen LogP contribution in [0.15, 0.2) is 16.5 Å². The van der Waals surface area contributed by atoms with E-state index in [1.807, 2.05) is 6.92 Å². The third-order valence-corrected chi connectivity index (χ3v) is 2.87. The van der Waals surface area contributed by atoms with Gasteiger partial charge in [-0.05, 0) is 0 Å². The second-order valence-corrected chi connectivity index (χ2v) is 4.24. The number of aromatic nitrogens is 2. The lowest BCUT2D eigenvalue weighted by molar-refractivity contribution is 0.0690. The number of aryl methyl sites for hydroxylation is 1. The van der Waals surface area contributed by atoms with Gasteiger partial charge in [-0.3, -0.25) is 0 Å². The zero-order valence-corrected chi connectivity index (χ0v) is 11.2. The minimum absolute atomic E-state index is 0.0190. The summed E-state index contributed by atoms with van der Waals surface area (Å²) in [6, 6.07) is 2.84. The van der Waals surface area contributed by atoms with Crippen LogP contribution in [0.3, 0.4) is 0 Å². The summed E-state index contributed by atoms with van der Waals surface area (Å²) in [6.45, 7) is 1.92. The van der Waals surface area contributed by atoms with Crippen molar-refractivity contribution in [3.05, 3.63) is 29.5 Å². The van der Waals surface area contributed by atoms with Crippen molar-refractivity contribution in [1.29, 1.82) is 0 Å². The van der Waals surface area contributed by atoms with Crippen LogP contribution in [0.4, 0.5) is 0 Å². The van der Waals surface area contributed by atoms with Crippen LogP contribution in [0.1, 0.15) is 29.1 Å². The average Bonchev–Trinajstić information content (AvgIpc) is 3.12. The Morgan fingerprint density at radius 3 is 2.67 bits per heavy atom. The first kappa shape index (κ1) is 13.2. The number of hydrogen-bond acceptors (Lipinski definition) is 7. The number of rotatable bonds is 5. The molecule has 0 radical (unpaired) electrons. The SMILES string of the molecule is CCc1nnc(COc2cc3c(cc2C(=O)O)OCO3)o1. The van der Waals surface area contributed by atoms with Gasteiger partial charge in [0.1, 0.15) is 11.3 Å². The fourth-order valence-electron chi connectivity index (χ4n) is 1.84. The van der Waals surface area contributed by atoms with E-state index in [0.717, 1.165) is 0 Å². The Morgan fingerprint density at radius 1 is 1.29 bits per heavy atom. The van der Waals surface area contributed by atoms with E-state index in [2.05, 4.69) is 10.2 Å². The smallest absolute Gasteiger partial charge is 0.339 e. The minimum Gasteiger partial charge on any atom is -0.483 e. The van der Waals surface area contributed by atoms with E-state index in [4.69, 9.17) is 18.6 Å². The molecule has 0 atom stereocenters. The molecule has 8 heteroatoms. The van der Waals surface area contributed by atoms with Crippen molar-refractivity contribution in [2.75, 3.05) is 6.79 Å². The number of carboxylic acids is 1. The molecule has 1 aliphatic heterocycles. The summed E-state index contributed by atoms with van der Waals surface area (Å²) in [5, 5.41) is 16.8. The molecule has 0 aliphatic carbocycles. The van der Waals surface area contributed by atoms with Gasteiger partial charge in [-0.1, -0.05) is 6.92 Å². The van der Waals surface area contributed by atoms with Crippen molar-refractivity contribution in [1.82, 2.24) is 10.2 Å². The molecule has 0 saturated heterocycles. The van der Waals surface area contributed by atoms with Crippen LogP contribution in [-0.2, 0) is 13.0 Å². The number of carboxylic acid groups (broad SMARTS) is 1. The zero-order valence-electron chi connectivity index (χ0n) is 11.2. The van der Waals surface area contributed by atoms with Gasteiger partial charge in [0.05, 0.1) is 0 Å². The highest BCUT2D eigenvalue weighted by Gasteiger charge is 2.22. The van der Waals surface area contributed by atoms with E-state index in [9.17, 15) is 9.90 Å². The highest BCUT2D eigenvalue weighted by molar-refractivity contribution is 5.92. The molecule has 0 amide bonds. The predicted molar refractivity (Wildman–Crippen MR) is 67.5 cm³/mol. The van der Waals surface area contributed by atoms with Crippen LogP contribution in [0.5, 0.6) is 17.2 Å². The zero-order chi connectivity index (χ0) is 14.8. The molecule has 3 rings (SSSR count). The van der Waals surface area contributed by atoms with Crippen molar-refractivity contribution in [2.45, 2.75) is 20.0 Å². The molecule has 2 aromatic rings. The molecule has 0 spiro atoms. The lowest BCUT2D eigenvalue weighted by Gasteiger charge is -2.08. The lowest BCUT2D eigenvalue weighted by Crippen LogP contribution is -2.03. The van der Waals surface area contributed by atoms with Crippen molar-refractivity contribution >= 4 is 5.97 Å². The molecule has 1 aliphatic rings. The molecule has 110 valence electrons. The van der Waals surface area contributed by atoms with E-state index in [1.165, 1.54) is 12.1 Å². The lowest BCUT2D eigenvalue weighted by atomic mass is 10.2. The standard InChI is InChI=1S/C13H12N2O6/c1-2-11-14-15-12(21-11)5-18-8-4-10-9(19-6-20-10)3-7(8)13(16)17/h3-4H,2,5-6H2,1H3,(H,16,17). The normalized spacial score (nSPS) is 12.4. The van der Waals surface area contributed by atoms with Gasteiger partial charge < -0.3 is 23.7 Å². The molecule has 1 aromatic heterocycles. The summed E-state index contributed by atoms with van der Waals surface area (Å²) in [5.74, 6) is 0.630. The van der Waals surface area contributed by atoms with Crippen molar-refractivity contribution < 1.29 is 28.5 Å². The molecule has 2 heterocycles. The van der Waals surface area contributed by atoms with Crippen LogP contribution in [0.2, 0.25) is 0 Å². The Bertz CT molecular complexity index is 681. The molecular formula is C13H12N2O6. The molecule has 0 fully saturated rings. The molecule has 1 N–H and O–H groups in total. The molecule has 8 nitrogen and oxygen atoms in total. The van der Waals surface area contributed by atoms with Gasteiger partial charge >= 0.3 is 5.97 Å². The Balaban J connectivity index is 1.82. The quantitative estimate of drug-likeness (QED) is 0.886. The highest BCUT2D eigenvalue weighted by Crippen LogP contribution is 2.38. The van der Waals surface area contributed by atoms with Crippen molar-refractivity contribution in [3.8, 4) is 17.2 Å². The molecule has 21 heavy (non-hydrogen) atoms. The topological polar surface area (TPSA) is 104 Å². The van der Waals surface area contributed by atoms with Crippen LogP contribution in [0.25, 0.3) is 0 Å². The Kier molecular flexibility index (Phi) is 3.35. The van der Waals surface area contributed by atoms with Gasteiger partial charge in [-0.2, -0.15) is 0 Å². The van der Waals surface area contributed by atoms with Gasteiger partial charge in [0.2, 0.25) is 12.7 Å². The predicted octanol–water partition coefficient (Wildman–Crippen LogP) is 1.64. The summed E-state index contributed by atoms with van der Waals surface area (Å²) in [4.78, 5) is 11.3. The molecule has 0 bridgehead atoms. The van der Waals surface area contributed by atoms with Gasteiger partial charge in [0, 0.05) is 18.6 Å². The Labute approximate surface area is 119 Å². The second-order valence-electron chi connectivity index (χ2n) is 4.24. The largest absolute Gasteiger partial charge is 0.483 e. The van der Waals surface area contributed by atoms with Crippen LogP contribution in [-0.4, -0.2) is 28.1 Å². The van der Waals surface area contributed by atoms with E-state index < -0.39 is 5.97 Å². The van der Waals surface area contributed by atoms with Crippen LogP contribution >= 0.6 is 0 Å². The van der Waals surface area contributed by atoms with Gasteiger partial charge in [-0.25, -0.2) is 4.79 Å². The number of fused-ring (bicyclic) bond motifs is 1.